The zero-order valence-corrected chi connectivity index (χ0v) is 32.7. The second-order valence-corrected chi connectivity index (χ2v) is 16.8. The molecular weight excluding hydrogens is 727 g/mol. The summed E-state index contributed by atoms with van der Waals surface area (Å²) in [6.07, 6.45) is 2.46. The SMILES string of the molecule is CC[C@H](C)[C@@H](C(=O)N[C@@H](Cc1ccccc1)[C@@H](O)CN(CC(C)C)S(=O)(=O)c1ccc(C=NO)cc1)N1CCN(Cc2csc(-c3ccccn3)n2)C1=O. The number of aromatic nitrogens is 2. The van der Waals surface area contributed by atoms with Gasteiger partial charge in [-0.15, -0.1) is 11.3 Å². The van der Waals surface area contributed by atoms with Crippen molar-refractivity contribution >= 4 is 39.5 Å². The Morgan fingerprint density at radius 2 is 1.76 bits per heavy atom. The van der Waals surface area contributed by atoms with Gasteiger partial charge in [-0.2, -0.15) is 4.31 Å². The van der Waals surface area contributed by atoms with Crippen LogP contribution in [0.15, 0.2) is 94.4 Å². The Morgan fingerprint density at radius 3 is 2.41 bits per heavy atom. The monoisotopic (exact) mass is 775 g/mol. The quantitative estimate of drug-likeness (QED) is 0.0713. The van der Waals surface area contributed by atoms with E-state index in [2.05, 4.69) is 15.5 Å². The molecule has 54 heavy (non-hydrogen) atoms. The lowest BCUT2D eigenvalue weighted by molar-refractivity contribution is -0.128. The third-order valence-corrected chi connectivity index (χ3v) is 12.2. The first-order valence-corrected chi connectivity index (χ1v) is 20.4. The molecule has 0 aliphatic carbocycles. The number of sulfonamides is 1. The maximum absolute atomic E-state index is 14.4. The summed E-state index contributed by atoms with van der Waals surface area (Å²) < 4.78 is 29.1. The molecule has 3 amide bonds. The summed E-state index contributed by atoms with van der Waals surface area (Å²) in [7, 11) is -4.07. The van der Waals surface area contributed by atoms with E-state index in [4.69, 9.17) is 10.2 Å². The highest BCUT2D eigenvalue weighted by Crippen LogP contribution is 2.26. The van der Waals surface area contributed by atoms with Gasteiger partial charge in [0, 0.05) is 37.8 Å². The molecule has 0 radical (unpaired) electrons. The molecular formula is C39H49N7O6S2. The Hall–Kier alpha value is -4.70. The first-order valence-electron chi connectivity index (χ1n) is 18.1. The van der Waals surface area contributed by atoms with Gasteiger partial charge in [-0.3, -0.25) is 9.78 Å². The number of aliphatic hydroxyl groups is 1. The van der Waals surface area contributed by atoms with E-state index < -0.39 is 34.1 Å². The molecule has 15 heteroatoms. The van der Waals surface area contributed by atoms with Gasteiger partial charge in [-0.25, -0.2) is 18.2 Å². The molecule has 13 nitrogen and oxygen atoms in total. The van der Waals surface area contributed by atoms with E-state index >= 15 is 0 Å². The van der Waals surface area contributed by atoms with Crippen LogP contribution in [0, 0.1) is 11.8 Å². The van der Waals surface area contributed by atoms with Gasteiger partial charge < -0.3 is 25.4 Å². The van der Waals surface area contributed by atoms with Crippen molar-refractivity contribution in [2.24, 2.45) is 17.0 Å². The van der Waals surface area contributed by atoms with E-state index in [0.717, 1.165) is 22.0 Å². The van der Waals surface area contributed by atoms with E-state index in [1.807, 2.05) is 81.6 Å². The van der Waals surface area contributed by atoms with Crippen LogP contribution in [0.1, 0.15) is 50.9 Å². The minimum absolute atomic E-state index is 0.0219. The molecule has 1 fully saturated rings. The Morgan fingerprint density at radius 1 is 1.04 bits per heavy atom. The molecule has 0 bridgehead atoms. The van der Waals surface area contributed by atoms with Crippen LogP contribution >= 0.6 is 11.3 Å². The number of nitrogens with one attached hydrogen (secondary N) is 1. The van der Waals surface area contributed by atoms with Crippen LogP contribution in [0.2, 0.25) is 0 Å². The van der Waals surface area contributed by atoms with Crippen molar-refractivity contribution in [2.45, 2.75) is 70.2 Å². The van der Waals surface area contributed by atoms with E-state index in [1.165, 1.54) is 46.1 Å². The van der Waals surface area contributed by atoms with E-state index in [0.29, 0.717) is 31.6 Å². The summed E-state index contributed by atoms with van der Waals surface area (Å²) in [5, 5.41) is 29.4. The topological polar surface area (TPSA) is 169 Å². The minimum atomic E-state index is -4.07. The van der Waals surface area contributed by atoms with Gasteiger partial charge in [-0.1, -0.05) is 87.8 Å². The van der Waals surface area contributed by atoms with Gasteiger partial charge in [0.25, 0.3) is 0 Å². The predicted molar refractivity (Wildman–Crippen MR) is 209 cm³/mol. The third kappa shape index (κ3) is 10.1. The summed E-state index contributed by atoms with van der Waals surface area (Å²) in [5.74, 6) is -0.695. The largest absolute Gasteiger partial charge is 0.411 e. The van der Waals surface area contributed by atoms with E-state index in [9.17, 15) is 23.1 Å². The second-order valence-electron chi connectivity index (χ2n) is 14.0. The number of oxime groups is 1. The van der Waals surface area contributed by atoms with Crippen molar-refractivity contribution in [1.82, 2.24) is 29.4 Å². The number of hydrogen-bond acceptors (Lipinski definition) is 10. The molecule has 0 saturated carbocycles. The molecule has 1 aliphatic heterocycles. The molecule has 288 valence electrons. The number of benzene rings is 2. The zero-order valence-electron chi connectivity index (χ0n) is 31.0. The molecule has 0 unspecified atom stereocenters. The number of urea groups is 1. The van der Waals surface area contributed by atoms with Crippen molar-refractivity contribution in [3.8, 4) is 10.7 Å². The molecule has 2 aromatic carbocycles. The zero-order chi connectivity index (χ0) is 38.8. The van der Waals surface area contributed by atoms with Crippen molar-refractivity contribution in [2.75, 3.05) is 26.2 Å². The lowest BCUT2D eigenvalue weighted by Crippen LogP contribution is -2.57. The molecule has 1 saturated heterocycles. The van der Waals surface area contributed by atoms with Gasteiger partial charge in [0.2, 0.25) is 15.9 Å². The maximum atomic E-state index is 14.4. The van der Waals surface area contributed by atoms with Crippen LogP contribution in [0.5, 0.6) is 0 Å². The fourth-order valence-electron chi connectivity index (χ4n) is 6.49. The lowest BCUT2D eigenvalue weighted by atomic mass is 9.95. The number of pyridine rings is 1. The highest BCUT2D eigenvalue weighted by atomic mass is 32.2. The van der Waals surface area contributed by atoms with Crippen LogP contribution in [0.3, 0.4) is 0 Å². The fourth-order valence-corrected chi connectivity index (χ4v) is 8.90. The number of carbonyl (C=O) groups excluding carboxylic acids is 2. The highest BCUT2D eigenvalue weighted by molar-refractivity contribution is 7.89. The summed E-state index contributed by atoms with van der Waals surface area (Å²) in [6.45, 7) is 8.57. The van der Waals surface area contributed by atoms with E-state index in [1.54, 1.807) is 16.0 Å². The van der Waals surface area contributed by atoms with Crippen LogP contribution in [-0.4, -0.2) is 105 Å². The Labute approximate surface area is 321 Å². The molecule has 3 N–H and O–H groups in total. The van der Waals surface area contributed by atoms with Crippen molar-refractivity contribution in [3.05, 3.63) is 101 Å². The number of nitrogens with zero attached hydrogens (tertiary/aromatic N) is 6. The number of amides is 3. The van der Waals surface area contributed by atoms with Crippen LogP contribution in [0.25, 0.3) is 10.7 Å². The number of rotatable bonds is 18. The first kappa shape index (κ1) is 40.5. The standard InChI is InChI=1S/C39H49N7O6S2/c1-5-28(4)36(46-20-19-44(39(46)49)24-31-26-53-38(42-31)33-13-9-10-18-40-33)37(48)43-34(21-29-11-7-6-8-12-29)35(47)25-45(23-27(2)3)54(51,52)32-16-14-30(15-17-32)22-41-50/h6-18,22,26-28,34-36,47,50H,5,19-21,23-25H2,1-4H3,(H,43,48)/t28-,34-,35-,36-/m0/s1. The van der Waals surface area contributed by atoms with Crippen LogP contribution in [-0.2, 0) is 27.8 Å². The molecule has 2 aromatic heterocycles. The maximum Gasteiger partial charge on any atom is 0.321 e. The summed E-state index contributed by atoms with van der Waals surface area (Å²) in [6, 6.07) is 18.9. The number of aliphatic hydroxyl groups excluding tert-OH is 1. The fraction of sp³-hybridized carbons (Fsp3) is 0.410. The molecule has 0 spiro atoms. The highest BCUT2D eigenvalue weighted by Gasteiger charge is 2.41. The molecule has 4 atom stereocenters. The number of carbonyl (C=O) groups is 2. The Bertz CT molecular complexity index is 1960. The Kier molecular flexibility index (Phi) is 13.9. The van der Waals surface area contributed by atoms with Gasteiger partial charge in [0.1, 0.15) is 11.0 Å². The van der Waals surface area contributed by atoms with Gasteiger partial charge >= 0.3 is 6.03 Å². The minimum Gasteiger partial charge on any atom is -0.411 e. The second kappa shape index (κ2) is 18.6. The summed E-state index contributed by atoms with van der Waals surface area (Å²) >= 11 is 1.46. The van der Waals surface area contributed by atoms with Crippen molar-refractivity contribution in [3.63, 3.8) is 0 Å². The van der Waals surface area contributed by atoms with Gasteiger partial charge in [0.15, 0.2) is 0 Å². The summed E-state index contributed by atoms with van der Waals surface area (Å²) in [5.41, 5.74) is 2.86. The molecule has 1 aliphatic rings. The normalized spacial score (nSPS) is 15.9. The van der Waals surface area contributed by atoms with Crippen molar-refractivity contribution < 1.29 is 28.3 Å². The first-order chi connectivity index (χ1) is 25.9. The third-order valence-electron chi connectivity index (χ3n) is 9.48. The molecule has 3 heterocycles. The molecule has 5 rings (SSSR count). The van der Waals surface area contributed by atoms with Gasteiger partial charge in [0.05, 0.1) is 41.2 Å². The molecule has 4 aromatic rings. The average Bonchev–Trinajstić information content (AvgIpc) is 3.78. The van der Waals surface area contributed by atoms with Gasteiger partial charge in [-0.05, 0) is 53.6 Å². The van der Waals surface area contributed by atoms with Crippen molar-refractivity contribution in [1.29, 1.82) is 0 Å². The number of hydrogen-bond donors (Lipinski definition) is 3. The average molecular weight is 776 g/mol. The van der Waals surface area contributed by atoms with E-state index in [-0.39, 0.29) is 42.3 Å². The van der Waals surface area contributed by atoms with Crippen LogP contribution in [0.4, 0.5) is 4.79 Å². The number of thiazole rings is 1. The Balaban J connectivity index is 1.36. The van der Waals surface area contributed by atoms with Crippen LogP contribution < -0.4 is 5.32 Å². The smallest absolute Gasteiger partial charge is 0.321 e. The summed E-state index contributed by atoms with van der Waals surface area (Å²) in [4.78, 5) is 40.6. The lowest BCUT2D eigenvalue weighted by Gasteiger charge is -2.35. The predicted octanol–water partition coefficient (Wildman–Crippen LogP) is 5.10.